The summed E-state index contributed by atoms with van der Waals surface area (Å²) in [5.74, 6) is -3.23. The number of hydrogen-bond acceptors (Lipinski definition) is 4. The van der Waals surface area contributed by atoms with Crippen molar-refractivity contribution in [1.29, 1.82) is 0 Å². The van der Waals surface area contributed by atoms with Gasteiger partial charge >= 0.3 is 0 Å². The molecule has 3 aromatic carbocycles. The lowest BCUT2D eigenvalue weighted by Gasteiger charge is -2.14. The van der Waals surface area contributed by atoms with Crippen molar-refractivity contribution in [3.8, 4) is 16.9 Å². The summed E-state index contributed by atoms with van der Waals surface area (Å²) in [6, 6.07) is 11.7. The number of sulfone groups is 1. The van der Waals surface area contributed by atoms with E-state index in [0.717, 1.165) is 18.3 Å². The Morgan fingerprint density at radius 3 is 2.38 bits per heavy atom. The van der Waals surface area contributed by atoms with Crippen LogP contribution in [0, 0.1) is 17.5 Å². The van der Waals surface area contributed by atoms with E-state index >= 15 is 0 Å². The van der Waals surface area contributed by atoms with Crippen LogP contribution in [0.3, 0.4) is 0 Å². The SMILES string of the molecule is O=S(=O)(c1ccc(F)c(F)c1)c1cnc2ccc(F)cc2c1-c1cccc(O)c1. The molecule has 0 atom stereocenters. The number of halogens is 3. The fraction of sp³-hybridized carbons (Fsp3) is 0. The Kier molecular flexibility index (Phi) is 4.50. The van der Waals surface area contributed by atoms with E-state index in [1.54, 1.807) is 6.07 Å². The molecule has 0 spiro atoms. The van der Waals surface area contributed by atoms with Crippen LogP contribution in [0.25, 0.3) is 22.0 Å². The van der Waals surface area contributed by atoms with Crippen LogP contribution in [-0.4, -0.2) is 18.5 Å². The van der Waals surface area contributed by atoms with Gasteiger partial charge in [0.05, 0.1) is 15.3 Å². The molecule has 29 heavy (non-hydrogen) atoms. The Labute approximate surface area is 163 Å². The molecule has 0 amide bonds. The molecular weight excluding hydrogens is 403 g/mol. The number of pyridine rings is 1. The van der Waals surface area contributed by atoms with Gasteiger partial charge in [-0.2, -0.15) is 0 Å². The van der Waals surface area contributed by atoms with Gasteiger partial charge in [-0.25, -0.2) is 21.6 Å². The molecule has 0 saturated heterocycles. The van der Waals surface area contributed by atoms with Crippen molar-refractivity contribution in [1.82, 2.24) is 4.98 Å². The summed E-state index contributed by atoms with van der Waals surface area (Å²) in [5, 5.41) is 10.0. The molecule has 0 aliphatic rings. The number of rotatable bonds is 3. The van der Waals surface area contributed by atoms with Crippen LogP contribution in [0.5, 0.6) is 5.75 Å². The van der Waals surface area contributed by atoms with Gasteiger partial charge in [0.15, 0.2) is 11.6 Å². The van der Waals surface area contributed by atoms with Gasteiger partial charge in [0, 0.05) is 17.1 Å². The second kappa shape index (κ2) is 6.89. The summed E-state index contributed by atoms with van der Waals surface area (Å²) >= 11 is 0. The molecule has 0 unspecified atom stereocenters. The molecule has 8 heteroatoms. The molecule has 1 aromatic heterocycles. The number of aromatic nitrogens is 1. The van der Waals surface area contributed by atoms with Gasteiger partial charge in [0.25, 0.3) is 0 Å². The van der Waals surface area contributed by atoms with E-state index in [1.807, 2.05) is 0 Å². The Morgan fingerprint density at radius 2 is 1.66 bits per heavy atom. The highest BCUT2D eigenvalue weighted by Gasteiger charge is 2.26. The first-order chi connectivity index (χ1) is 13.8. The van der Waals surface area contributed by atoms with Crippen molar-refractivity contribution in [2.24, 2.45) is 0 Å². The number of phenols is 1. The van der Waals surface area contributed by atoms with Crippen LogP contribution in [0.2, 0.25) is 0 Å². The molecule has 4 nitrogen and oxygen atoms in total. The molecule has 0 saturated carbocycles. The Balaban J connectivity index is 2.09. The standard InChI is InChI=1S/C21H12F3NO3S/c22-13-4-7-19-16(9-13)21(12-2-1-3-14(26)8-12)20(11-25-19)29(27,28)15-5-6-17(23)18(24)10-15/h1-11,26H. The minimum atomic E-state index is -4.35. The van der Waals surface area contributed by atoms with E-state index in [1.165, 1.54) is 30.3 Å². The van der Waals surface area contributed by atoms with Crippen molar-refractivity contribution in [3.05, 3.63) is 84.3 Å². The minimum absolute atomic E-state index is 0.0927. The lowest BCUT2D eigenvalue weighted by atomic mass is 10.0. The van der Waals surface area contributed by atoms with E-state index in [4.69, 9.17) is 0 Å². The van der Waals surface area contributed by atoms with Gasteiger partial charge in [0.1, 0.15) is 11.6 Å². The molecule has 0 aliphatic heterocycles. The molecule has 1 heterocycles. The molecule has 4 rings (SSSR count). The number of aromatic hydroxyl groups is 1. The summed E-state index contributed by atoms with van der Waals surface area (Å²) < 4.78 is 67.3. The average molecular weight is 415 g/mol. The van der Waals surface area contributed by atoms with Crippen LogP contribution in [-0.2, 0) is 9.84 Å². The van der Waals surface area contributed by atoms with Gasteiger partial charge in [-0.3, -0.25) is 4.98 Å². The van der Waals surface area contributed by atoms with Crippen LogP contribution in [0.1, 0.15) is 0 Å². The third kappa shape index (κ3) is 3.31. The molecule has 146 valence electrons. The third-order valence-corrected chi connectivity index (χ3v) is 6.18. The Hall–Kier alpha value is -3.39. The highest BCUT2D eigenvalue weighted by Crippen LogP contribution is 2.37. The van der Waals surface area contributed by atoms with Gasteiger partial charge in [-0.1, -0.05) is 12.1 Å². The lowest BCUT2D eigenvalue weighted by molar-refractivity contribution is 0.475. The van der Waals surface area contributed by atoms with Gasteiger partial charge in [-0.05, 0) is 54.1 Å². The number of fused-ring (bicyclic) bond motifs is 1. The summed E-state index contributed by atoms with van der Waals surface area (Å²) in [6.07, 6.45) is 1.08. The first kappa shape index (κ1) is 18.9. The molecule has 0 aliphatic carbocycles. The zero-order valence-corrected chi connectivity index (χ0v) is 15.4. The zero-order chi connectivity index (χ0) is 20.8. The molecule has 0 radical (unpaired) electrons. The van der Waals surface area contributed by atoms with Crippen molar-refractivity contribution in [2.75, 3.05) is 0 Å². The van der Waals surface area contributed by atoms with Gasteiger partial charge in [0.2, 0.25) is 9.84 Å². The largest absolute Gasteiger partial charge is 0.508 e. The van der Waals surface area contributed by atoms with Crippen molar-refractivity contribution < 1.29 is 26.7 Å². The molecule has 1 N–H and O–H groups in total. The van der Waals surface area contributed by atoms with Crippen LogP contribution in [0.15, 0.2) is 76.7 Å². The summed E-state index contributed by atoms with van der Waals surface area (Å²) in [5.41, 5.74) is 0.716. The van der Waals surface area contributed by atoms with Crippen LogP contribution in [0.4, 0.5) is 13.2 Å². The van der Waals surface area contributed by atoms with Gasteiger partial charge < -0.3 is 5.11 Å². The topological polar surface area (TPSA) is 67.3 Å². The number of hydrogen-bond donors (Lipinski definition) is 1. The summed E-state index contributed by atoms with van der Waals surface area (Å²) in [4.78, 5) is 3.28. The zero-order valence-electron chi connectivity index (χ0n) is 14.6. The molecule has 0 fully saturated rings. The van der Waals surface area contributed by atoms with E-state index in [2.05, 4.69) is 4.98 Å². The highest BCUT2D eigenvalue weighted by atomic mass is 32.2. The maximum Gasteiger partial charge on any atom is 0.208 e. The van der Waals surface area contributed by atoms with Crippen LogP contribution < -0.4 is 0 Å². The second-order valence-electron chi connectivity index (χ2n) is 6.29. The van der Waals surface area contributed by atoms with Crippen molar-refractivity contribution >= 4 is 20.7 Å². The quantitative estimate of drug-likeness (QED) is 0.486. The summed E-state index contributed by atoms with van der Waals surface area (Å²) in [7, 11) is -4.35. The fourth-order valence-electron chi connectivity index (χ4n) is 3.08. The molecular formula is C21H12F3NO3S. The van der Waals surface area contributed by atoms with E-state index in [0.29, 0.717) is 23.2 Å². The summed E-state index contributed by atoms with van der Waals surface area (Å²) in [6.45, 7) is 0. The predicted octanol–water partition coefficient (Wildman–Crippen LogP) is 4.86. The van der Waals surface area contributed by atoms with Crippen molar-refractivity contribution in [3.63, 3.8) is 0 Å². The smallest absolute Gasteiger partial charge is 0.208 e. The normalized spacial score (nSPS) is 11.7. The maximum absolute atomic E-state index is 13.9. The highest BCUT2D eigenvalue weighted by molar-refractivity contribution is 7.91. The molecule has 4 aromatic rings. The number of nitrogens with zero attached hydrogens (tertiary/aromatic N) is 1. The van der Waals surface area contributed by atoms with Crippen LogP contribution >= 0.6 is 0 Å². The lowest BCUT2D eigenvalue weighted by Crippen LogP contribution is -2.06. The first-order valence-corrected chi connectivity index (χ1v) is 9.83. The Morgan fingerprint density at radius 1 is 0.862 bits per heavy atom. The molecule has 0 bridgehead atoms. The van der Waals surface area contributed by atoms with E-state index in [9.17, 15) is 26.7 Å². The van der Waals surface area contributed by atoms with Gasteiger partial charge in [-0.15, -0.1) is 0 Å². The number of phenolic OH excluding ortho intramolecular Hbond substituents is 1. The second-order valence-corrected chi connectivity index (χ2v) is 8.21. The monoisotopic (exact) mass is 415 g/mol. The maximum atomic E-state index is 13.9. The predicted molar refractivity (Wildman–Crippen MR) is 101 cm³/mol. The fourth-order valence-corrected chi connectivity index (χ4v) is 4.53. The average Bonchev–Trinajstić information content (AvgIpc) is 2.69. The van der Waals surface area contributed by atoms with Crippen molar-refractivity contribution in [2.45, 2.75) is 9.79 Å². The minimum Gasteiger partial charge on any atom is -0.508 e. The third-order valence-electron chi connectivity index (χ3n) is 4.42. The first-order valence-electron chi connectivity index (χ1n) is 8.35. The number of benzene rings is 3. The van der Waals surface area contributed by atoms with E-state index in [-0.39, 0.29) is 21.6 Å². The Bertz CT molecular complexity index is 1370. The van der Waals surface area contributed by atoms with E-state index < -0.39 is 32.2 Å².